The average Bonchev–Trinajstić information content (AvgIpc) is 3.60. The molecule has 5 rings (SSSR count). The summed E-state index contributed by atoms with van der Waals surface area (Å²) in [5.74, 6) is 3.50. The number of thiophene rings is 1. The van der Waals surface area contributed by atoms with Crippen LogP contribution in [0.15, 0.2) is 51.4 Å². The number of aromatic nitrogens is 5. The second kappa shape index (κ2) is 9.87. The van der Waals surface area contributed by atoms with Crippen molar-refractivity contribution in [2.45, 2.75) is 55.5 Å². The summed E-state index contributed by atoms with van der Waals surface area (Å²) in [5.41, 5.74) is 0.873. The Morgan fingerprint density at radius 2 is 1.91 bits per heavy atom. The molecule has 0 N–H and O–H groups in total. The summed E-state index contributed by atoms with van der Waals surface area (Å²) in [7, 11) is 1.65. The molecule has 0 aliphatic heterocycles. The van der Waals surface area contributed by atoms with E-state index in [9.17, 15) is 0 Å². The molecule has 1 aliphatic carbocycles. The van der Waals surface area contributed by atoms with Gasteiger partial charge in [0.2, 0.25) is 11.8 Å². The predicted molar refractivity (Wildman–Crippen MR) is 125 cm³/mol. The highest BCUT2D eigenvalue weighted by molar-refractivity contribution is 7.98. The third-order valence-corrected chi connectivity index (χ3v) is 7.52. The van der Waals surface area contributed by atoms with Crippen LogP contribution < -0.4 is 4.74 Å². The number of thioether (sulfide) groups is 1. The molecule has 0 radical (unpaired) electrons. The Hall–Kier alpha value is -2.65. The smallest absolute Gasteiger partial charge is 0.247 e. The van der Waals surface area contributed by atoms with Crippen LogP contribution >= 0.6 is 23.1 Å². The first-order valence-corrected chi connectivity index (χ1v) is 12.7. The number of ether oxygens (including phenoxy) is 1. The standard InChI is InChI=1S/C23H25N5O2S2/c1-29-18-11-9-16(10-12-18)22-26-25-21(30-22)15-32-23-27-24-20(14-19-8-5-13-31-19)28(23)17-6-3-2-4-7-17/h5,8-13,17H,2-4,6-7,14-15H2,1H3. The number of nitrogens with zero attached hydrogens (tertiary/aromatic N) is 5. The van der Waals surface area contributed by atoms with Gasteiger partial charge in [0, 0.05) is 22.9 Å². The zero-order valence-electron chi connectivity index (χ0n) is 17.9. The Kier molecular flexibility index (Phi) is 6.54. The van der Waals surface area contributed by atoms with E-state index in [1.165, 1.54) is 37.0 Å². The minimum Gasteiger partial charge on any atom is -0.497 e. The number of methoxy groups -OCH3 is 1. The maximum atomic E-state index is 5.90. The summed E-state index contributed by atoms with van der Waals surface area (Å²) in [6.07, 6.45) is 7.04. The van der Waals surface area contributed by atoms with Crippen molar-refractivity contribution in [2.24, 2.45) is 0 Å². The molecule has 3 aromatic heterocycles. The van der Waals surface area contributed by atoms with Crippen molar-refractivity contribution in [3.8, 4) is 17.2 Å². The van der Waals surface area contributed by atoms with E-state index in [1.807, 2.05) is 24.3 Å². The third-order valence-electron chi connectivity index (χ3n) is 5.72. The molecule has 1 fully saturated rings. The number of hydrogen-bond acceptors (Lipinski definition) is 8. The normalized spacial score (nSPS) is 14.7. The summed E-state index contributed by atoms with van der Waals surface area (Å²) in [5, 5.41) is 20.6. The van der Waals surface area contributed by atoms with Crippen LogP contribution in [0.25, 0.3) is 11.5 Å². The lowest BCUT2D eigenvalue weighted by Gasteiger charge is -2.25. The Morgan fingerprint density at radius 1 is 1.06 bits per heavy atom. The van der Waals surface area contributed by atoms with E-state index >= 15 is 0 Å². The Balaban J connectivity index is 1.32. The fraction of sp³-hybridized carbons (Fsp3) is 0.391. The quantitative estimate of drug-likeness (QED) is 0.304. The van der Waals surface area contributed by atoms with E-state index < -0.39 is 0 Å². The summed E-state index contributed by atoms with van der Waals surface area (Å²) in [6.45, 7) is 0. The van der Waals surface area contributed by atoms with Crippen molar-refractivity contribution in [1.29, 1.82) is 0 Å². The molecule has 0 amide bonds. The van der Waals surface area contributed by atoms with Crippen LogP contribution in [0.3, 0.4) is 0 Å². The first kappa shape index (κ1) is 21.2. The van der Waals surface area contributed by atoms with Gasteiger partial charge >= 0.3 is 0 Å². The molecule has 1 saturated carbocycles. The summed E-state index contributed by atoms with van der Waals surface area (Å²) < 4.78 is 13.5. The van der Waals surface area contributed by atoms with E-state index in [2.05, 4.69) is 42.5 Å². The van der Waals surface area contributed by atoms with Crippen LogP contribution in [0.4, 0.5) is 0 Å². The zero-order chi connectivity index (χ0) is 21.8. The van der Waals surface area contributed by atoms with Crippen molar-refractivity contribution in [3.05, 3.63) is 58.4 Å². The van der Waals surface area contributed by atoms with Crippen LogP contribution in [0, 0.1) is 0 Å². The lowest BCUT2D eigenvalue weighted by atomic mass is 9.95. The molecule has 0 saturated heterocycles. The molecule has 3 heterocycles. The van der Waals surface area contributed by atoms with Crippen molar-refractivity contribution >= 4 is 23.1 Å². The SMILES string of the molecule is COc1ccc(-c2nnc(CSc3nnc(Cc4cccs4)n3C3CCCCC3)o2)cc1. The molecule has 0 unspecified atom stereocenters. The summed E-state index contributed by atoms with van der Waals surface area (Å²) in [6, 6.07) is 12.3. The van der Waals surface area contributed by atoms with Crippen LogP contribution in [0.2, 0.25) is 0 Å². The molecule has 1 aromatic carbocycles. The number of rotatable bonds is 8. The fourth-order valence-corrected chi connectivity index (χ4v) is 5.65. The minimum absolute atomic E-state index is 0.466. The van der Waals surface area contributed by atoms with Gasteiger partial charge in [-0.2, -0.15) is 0 Å². The van der Waals surface area contributed by atoms with E-state index in [-0.39, 0.29) is 0 Å². The summed E-state index contributed by atoms with van der Waals surface area (Å²) in [4.78, 5) is 1.31. The second-order valence-electron chi connectivity index (χ2n) is 7.83. The molecule has 0 atom stereocenters. The topological polar surface area (TPSA) is 78.9 Å². The fourth-order valence-electron chi connectivity index (χ4n) is 4.09. The van der Waals surface area contributed by atoms with Gasteiger partial charge in [-0.15, -0.1) is 31.7 Å². The predicted octanol–water partition coefficient (Wildman–Crippen LogP) is 5.79. The minimum atomic E-state index is 0.466. The van der Waals surface area contributed by atoms with E-state index in [1.54, 1.807) is 30.2 Å². The molecule has 7 nitrogen and oxygen atoms in total. The number of benzene rings is 1. The highest BCUT2D eigenvalue weighted by atomic mass is 32.2. The van der Waals surface area contributed by atoms with Crippen LogP contribution in [0.5, 0.6) is 5.75 Å². The Labute approximate surface area is 195 Å². The average molecular weight is 468 g/mol. The third kappa shape index (κ3) is 4.73. The van der Waals surface area contributed by atoms with Gasteiger partial charge in [0.1, 0.15) is 11.6 Å². The monoisotopic (exact) mass is 467 g/mol. The van der Waals surface area contributed by atoms with E-state index in [4.69, 9.17) is 9.15 Å². The highest BCUT2D eigenvalue weighted by Crippen LogP contribution is 2.34. The molecule has 0 bridgehead atoms. The van der Waals surface area contributed by atoms with Gasteiger partial charge in [-0.05, 0) is 48.6 Å². The van der Waals surface area contributed by atoms with E-state index in [0.29, 0.717) is 23.6 Å². The largest absolute Gasteiger partial charge is 0.497 e. The van der Waals surface area contributed by atoms with Crippen LogP contribution in [-0.2, 0) is 12.2 Å². The van der Waals surface area contributed by atoms with E-state index in [0.717, 1.165) is 28.7 Å². The van der Waals surface area contributed by atoms with Crippen LogP contribution in [-0.4, -0.2) is 32.1 Å². The van der Waals surface area contributed by atoms with Gasteiger partial charge in [-0.1, -0.05) is 37.1 Å². The second-order valence-corrected chi connectivity index (χ2v) is 9.81. The molecular weight excluding hydrogens is 442 g/mol. The first-order chi connectivity index (χ1) is 15.8. The molecule has 1 aliphatic rings. The van der Waals surface area contributed by atoms with Crippen LogP contribution in [0.1, 0.15) is 54.7 Å². The van der Waals surface area contributed by atoms with Gasteiger partial charge in [0.15, 0.2) is 5.16 Å². The molecular formula is C23H25N5O2S2. The van der Waals surface area contributed by atoms with Crippen molar-refractivity contribution in [3.63, 3.8) is 0 Å². The highest BCUT2D eigenvalue weighted by Gasteiger charge is 2.24. The van der Waals surface area contributed by atoms with Crippen molar-refractivity contribution in [1.82, 2.24) is 25.0 Å². The van der Waals surface area contributed by atoms with Gasteiger partial charge < -0.3 is 13.7 Å². The molecule has 32 heavy (non-hydrogen) atoms. The van der Waals surface area contributed by atoms with Gasteiger partial charge in [0.25, 0.3) is 0 Å². The zero-order valence-corrected chi connectivity index (χ0v) is 19.6. The van der Waals surface area contributed by atoms with Gasteiger partial charge in [0.05, 0.1) is 12.9 Å². The maximum Gasteiger partial charge on any atom is 0.247 e. The van der Waals surface area contributed by atoms with Gasteiger partial charge in [-0.25, -0.2) is 0 Å². The lowest BCUT2D eigenvalue weighted by molar-refractivity contribution is 0.330. The Bertz CT molecular complexity index is 1130. The Morgan fingerprint density at radius 3 is 2.66 bits per heavy atom. The molecule has 4 aromatic rings. The summed E-state index contributed by atoms with van der Waals surface area (Å²) >= 11 is 3.38. The maximum absolute atomic E-state index is 5.90. The van der Waals surface area contributed by atoms with Gasteiger partial charge in [-0.3, -0.25) is 0 Å². The number of hydrogen-bond donors (Lipinski definition) is 0. The molecule has 0 spiro atoms. The molecule has 9 heteroatoms. The first-order valence-electron chi connectivity index (χ1n) is 10.9. The lowest BCUT2D eigenvalue weighted by Crippen LogP contribution is -2.16. The molecule has 166 valence electrons. The van der Waals surface area contributed by atoms with Crippen molar-refractivity contribution < 1.29 is 9.15 Å². The van der Waals surface area contributed by atoms with Crippen molar-refractivity contribution in [2.75, 3.05) is 7.11 Å².